The van der Waals surface area contributed by atoms with Gasteiger partial charge in [0, 0.05) is 13.0 Å². The van der Waals surface area contributed by atoms with E-state index in [-0.39, 0.29) is 0 Å². The first kappa shape index (κ1) is 10.9. The smallest absolute Gasteiger partial charge is 0.132 e. The van der Waals surface area contributed by atoms with Crippen LogP contribution in [0.4, 0.5) is 0 Å². The number of aromatic nitrogens is 3. The van der Waals surface area contributed by atoms with Crippen LogP contribution in [-0.4, -0.2) is 14.8 Å². The van der Waals surface area contributed by atoms with E-state index in [0.717, 1.165) is 31.6 Å². The van der Waals surface area contributed by atoms with E-state index in [4.69, 9.17) is 0 Å². The first-order valence-electron chi connectivity index (χ1n) is 5.80. The summed E-state index contributed by atoms with van der Waals surface area (Å²) >= 11 is 0. The van der Waals surface area contributed by atoms with Crippen LogP contribution in [0.5, 0.6) is 0 Å². The second-order valence-electron chi connectivity index (χ2n) is 3.87. The Bertz CT molecular complexity index is 420. The molecule has 0 unspecified atom stereocenters. The van der Waals surface area contributed by atoms with Crippen molar-refractivity contribution >= 4 is 0 Å². The van der Waals surface area contributed by atoms with E-state index < -0.39 is 0 Å². The van der Waals surface area contributed by atoms with Gasteiger partial charge in [-0.25, -0.2) is 0 Å². The Labute approximate surface area is 96.1 Å². The minimum atomic E-state index is 0.952. The summed E-state index contributed by atoms with van der Waals surface area (Å²) in [6.07, 6.45) is 5.04. The maximum Gasteiger partial charge on any atom is 0.132 e. The van der Waals surface area contributed by atoms with E-state index >= 15 is 0 Å². The van der Waals surface area contributed by atoms with Gasteiger partial charge in [0.15, 0.2) is 0 Å². The van der Waals surface area contributed by atoms with Crippen molar-refractivity contribution in [2.24, 2.45) is 0 Å². The molecule has 16 heavy (non-hydrogen) atoms. The van der Waals surface area contributed by atoms with Crippen LogP contribution in [0, 0.1) is 0 Å². The third-order valence-electron chi connectivity index (χ3n) is 2.75. The highest BCUT2D eigenvalue weighted by Crippen LogP contribution is 2.06. The molecule has 1 aromatic carbocycles. The molecule has 1 aromatic heterocycles. The van der Waals surface area contributed by atoms with E-state index in [1.807, 2.05) is 0 Å². The zero-order chi connectivity index (χ0) is 11.2. The second kappa shape index (κ2) is 5.45. The van der Waals surface area contributed by atoms with Crippen molar-refractivity contribution in [1.29, 1.82) is 0 Å². The maximum absolute atomic E-state index is 4.13. The van der Waals surface area contributed by atoms with Crippen LogP contribution in [-0.2, 0) is 19.4 Å². The Hall–Kier alpha value is -1.64. The SMILES string of the molecule is CCn1cnnc1CCCc1ccccc1. The molecular formula is C13H17N3. The molecule has 0 saturated carbocycles. The summed E-state index contributed by atoms with van der Waals surface area (Å²) in [6.45, 7) is 3.07. The quantitative estimate of drug-likeness (QED) is 0.767. The Kier molecular flexibility index (Phi) is 3.70. The number of rotatable bonds is 5. The highest BCUT2D eigenvalue weighted by atomic mass is 15.3. The van der Waals surface area contributed by atoms with Crippen LogP contribution in [0.3, 0.4) is 0 Å². The van der Waals surface area contributed by atoms with Crippen LogP contribution in [0.15, 0.2) is 36.7 Å². The molecule has 0 aliphatic carbocycles. The van der Waals surface area contributed by atoms with Gasteiger partial charge < -0.3 is 4.57 Å². The van der Waals surface area contributed by atoms with Gasteiger partial charge >= 0.3 is 0 Å². The third-order valence-corrected chi connectivity index (χ3v) is 2.75. The highest BCUT2D eigenvalue weighted by molar-refractivity contribution is 5.14. The van der Waals surface area contributed by atoms with Crippen molar-refractivity contribution in [3.05, 3.63) is 48.0 Å². The minimum absolute atomic E-state index is 0.952. The Morgan fingerprint density at radius 1 is 1.12 bits per heavy atom. The van der Waals surface area contributed by atoms with E-state index in [0.29, 0.717) is 0 Å². The average molecular weight is 215 g/mol. The van der Waals surface area contributed by atoms with Crippen LogP contribution >= 0.6 is 0 Å². The molecule has 1 heterocycles. The summed E-state index contributed by atoms with van der Waals surface area (Å²) in [4.78, 5) is 0. The Morgan fingerprint density at radius 2 is 1.94 bits per heavy atom. The van der Waals surface area contributed by atoms with Crippen molar-refractivity contribution in [3.8, 4) is 0 Å². The molecule has 0 atom stereocenters. The molecule has 3 nitrogen and oxygen atoms in total. The molecule has 2 aromatic rings. The van der Waals surface area contributed by atoms with Gasteiger partial charge in [-0.2, -0.15) is 0 Å². The predicted molar refractivity (Wildman–Crippen MR) is 64.2 cm³/mol. The summed E-state index contributed by atoms with van der Waals surface area (Å²) in [6, 6.07) is 10.6. The molecule has 0 aliphatic rings. The lowest BCUT2D eigenvalue weighted by Gasteiger charge is -2.03. The summed E-state index contributed by atoms with van der Waals surface area (Å²) in [5, 5.41) is 8.06. The van der Waals surface area contributed by atoms with Gasteiger partial charge in [-0.15, -0.1) is 10.2 Å². The zero-order valence-corrected chi connectivity index (χ0v) is 9.63. The molecule has 0 aliphatic heterocycles. The van der Waals surface area contributed by atoms with Crippen molar-refractivity contribution in [1.82, 2.24) is 14.8 Å². The minimum Gasteiger partial charge on any atom is -0.318 e. The zero-order valence-electron chi connectivity index (χ0n) is 9.63. The van der Waals surface area contributed by atoms with Gasteiger partial charge in [-0.1, -0.05) is 30.3 Å². The first-order valence-corrected chi connectivity index (χ1v) is 5.80. The number of nitrogens with zero attached hydrogens (tertiary/aromatic N) is 3. The number of benzene rings is 1. The molecule has 2 rings (SSSR count). The molecule has 0 N–H and O–H groups in total. The molecule has 0 bridgehead atoms. The standard InChI is InChI=1S/C13H17N3/c1-2-16-11-14-15-13(16)10-6-9-12-7-4-3-5-8-12/h3-5,7-8,11H,2,6,9-10H2,1H3. The fraction of sp³-hybridized carbons (Fsp3) is 0.385. The van der Waals surface area contributed by atoms with Crippen LogP contribution in [0.1, 0.15) is 24.7 Å². The molecule has 0 spiro atoms. The van der Waals surface area contributed by atoms with Crippen LogP contribution in [0.25, 0.3) is 0 Å². The van der Waals surface area contributed by atoms with Gasteiger partial charge in [-0.3, -0.25) is 0 Å². The highest BCUT2D eigenvalue weighted by Gasteiger charge is 2.02. The molecule has 3 heteroatoms. The number of hydrogen-bond donors (Lipinski definition) is 0. The summed E-state index contributed by atoms with van der Waals surface area (Å²) in [5.74, 6) is 1.10. The van der Waals surface area contributed by atoms with Crippen molar-refractivity contribution < 1.29 is 0 Å². The molecule has 0 fully saturated rings. The van der Waals surface area contributed by atoms with E-state index in [1.165, 1.54) is 5.56 Å². The van der Waals surface area contributed by atoms with Crippen LogP contribution in [0.2, 0.25) is 0 Å². The molecular weight excluding hydrogens is 198 g/mol. The lowest BCUT2D eigenvalue weighted by molar-refractivity contribution is 0.668. The summed E-state index contributed by atoms with van der Waals surface area (Å²) in [5.41, 5.74) is 1.39. The van der Waals surface area contributed by atoms with Crippen molar-refractivity contribution in [2.45, 2.75) is 32.7 Å². The number of aryl methyl sites for hydroxylation is 3. The van der Waals surface area contributed by atoms with Gasteiger partial charge in [0.05, 0.1) is 0 Å². The van der Waals surface area contributed by atoms with Crippen molar-refractivity contribution in [3.63, 3.8) is 0 Å². The molecule has 0 radical (unpaired) electrons. The third kappa shape index (κ3) is 2.69. The van der Waals surface area contributed by atoms with E-state index in [1.54, 1.807) is 6.33 Å². The molecule has 84 valence electrons. The van der Waals surface area contributed by atoms with Gasteiger partial charge in [0.25, 0.3) is 0 Å². The lowest BCUT2D eigenvalue weighted by atomic mass is 10.1. The largest absolute Gasteiger partial charge is 0.318 e. The fourth-order valence-electron chi connectivity index (χ4n) is 1.83. The summed E-state index contributed by atoms with van der Waals surface area (Å²) in [7, 11) is 0. The monoisotopic (exact) mass is 215 g/mol. The van der Waals surface area contributed by atoms with Gasteiger partial charge in [0.2, 0.25) is 0 Å². The number of hydrogen-bond acceptors (Lipinski definition) is 2. The molecule has 0 amide bonds. The first-order chi connectivity index (χ1) is 7.90. The maximum atomic E-state index is 4.13. The van der Waals surface area contributed by atoms with Crippen LogP contribution < -0.4 is 0 Å². The van der Waals surface area contributed by atoms with Gasteiger partial charge in [0.1, 0.15) is 12.2 Å². The van der Waals surface area contributed by atoms with E-state index in [2.05, 4.69) is 52.0 Å². The Morgan fingerprint density at radius 3 is 2.69 bits per heavy atom. The Balaban J connectivity index is 1.85. The van der Waals surface area contributed by atoms with Crippen molar-refractivity contribution in [2.75, 3.05) is 0 Å². The normalized spacial score (nSPS) is 10.6. The second-order valence-corrected chi connectivity index (χ2v) is 3.87. The topological polar surface area (TPSA) is 30.7 Å². The van der Waals surface area contributed by atoms with E-state index in [9.17, 15) is 0 Å². The summed E-state index contributed by atoms with van der Waals surface area (Å²) < 4.78 is 2.10. The average Bonchev–Trinajstić information content (AvgIpc) is 2.78. The van der Waals surface area contributed by atoms with Gasteiger partial charge in [-0.05, 0) is 25.3 Å². The lowest BCUT2D eigenvalue weighted by Crippen LogP contribution is -2.01. The predicted octanol–water partition coefficient (Wildman–Crippen LogP) is 2.47. The fourth-order valence-corrected chi connectivity index (χ4v) is 1.83. The molecule has 0 saturated heterocycles.